The second-order valence-electron chi connectivity index (χ2n) is 4.40. The second kappa shape index (κ2) is 7.26. The van der Waals surface area contributed by atoms with E-state index >= 15 is 0 Å². The van der Waals surface area contributed by atoms with Crippen LogP contribution in [0.15, 0.2) is 18.2 Å². The monoisotopic (exact) mass is 268 g/mol. The number of hydrogen-bond donors (Lipinski definition) is 1. The molecule has 0 saturated carbocycles. The van der Waals surface area contributed by atoms with Gasteiger partial charge in [0.25, 0.3) is 5.69 Å². The van der Waals surface area contributed by atoms with E-state index in [1.807, 2.05) is 30.8 Å². The van der Waals surface area contributed by atoms with E-state index in [4.69, 9.17) is 0 Å². The number of nitro benzene ring substituents is 1. The lowest BCUT2D eigenvalue weighted by molar-refractivity contribution is -0.384. The van der Waals surface area contributed by atoms with Crippen LogP contribution in [-0.2, 0) is 5.75 Å². The van der Waals surface area contributed by atoms with Crippen molar-refractivity contribution < 1.29 is 4.92 Å². The van der Waals surface area contributed by atoms with E-state index in [2.05, 4.69) is 19.2 Å². The van der Waals surface area contributed by atoms with E-state index in [9.17, 15) is 10.1 Å². The first-order valence-corrected chi connectivity index (χ1v) is 7.22. The molecular weight excluding hydrogens is 248 g/mol. The summed E-state index contributed by atoms with van der Waals surface area (Å²) in [5.41, 5.74) is 1.91. The van der Waals surface area contributed by atoms with Gasteiger partial charge in [0, 0.05) is 18.4 Å². The Morgan fingerprint density at radius 2 is 2.17 bits per heavy atom. The molecule has 5 heteroatoms. The van der Waals surface area contributed by atoms with Gasteiger partial charge in [-0.1, -0.05) is 26.8 Å². The zero-order valence-corrected chi connectivity index (χ0v) is 11.9. The molecule has 0 heterocycles. The van der Waals surface area contributed by atoms with Crippen LogP contribution in [0.1, 0.15) is 32.8 Å². The van der Waals surface area contributed by atoms with Crippen molar-refractivity contribution in [2.24, 2.45) is 0 Å². The third-order valence-corrected chi connectivity index (χ3v) is 3.57. The van der Waals surface area contributed by atoms with Crippen molar-refractivity contribution in [2.75, 3.05) is 11.9 Å². The van der Waals surface area contributed by atoms with Gasteiger partial charge in [-0.2, -0.15) is 11.8 Å². The molecule has 0 aliphatic carbocycles. The minimum absolute atomic E-state index is 0.154. The van der Waals surface area contributed by atoms with E-state index in [0.717, 1.165) is 24.3 Å². The maximum Gasteiger partial charge on any atom is 0.292 e. The van der Waals surface area contributed by atoms with Crippen molar-refractivity contribution in [3.63, 3.8) is 0 Å². The van der Waals surface area contributed by atoms with Gasteiger partial charge in [0.2, 0.25) is 0 Å². The summed E-state index contributed by atoms with van der Waals surface area (Å²) in [5.74, 6) is 0.885. The van der Waals surface area contributed by atoms with Gasteiger partial charge in [0.1, 0.15) is 5.69 Å². The van der Waals surface area contributed by atoms with Crippen LogP contribution in [0.3, 0.4) is 0 Å². The van der Waals surface area contributed by atoms with Crippen molar-refractivity contribution in [3.05, 3.63) is 33.9 Å². The number of hydrogen-bond acceptors (Lipinski definition) is 4. The molecule has 0 unspecified atom stereocenters. The summed E-state index contributed by atoms with van der Waals surface area (Å²) in [4.78, 5) is 10.6. The Morgan fingerprint density at radius 3 is 2.72 bits per heavy atom. The smallest absolute Gasteiger partial charge is 0.292 e. The molecule has 1 N–H and O–H groups in total. The molecule has 100 valence electrons. The fraction of sp³-hybridized carbons (Fsp3) is 0.538. The van der Waals surface area contributed by atoms with Gasteiger partial charge in [0.15, 0.2) is 0 Å². The molecule has 1 rings (SSSR count). The first-order valence-electron chi connectivity index (χ1n) is 6.17. The SMILES string of the molecule is CCCNc1cc(CSC(C)C)ccc1[N+](=O)[O-]. The predicted octanol–water partition coefficient (Wildman–Crippen LogP) is 4.06. The Labute approximate surface area is 112 Å². The Balaban J connectivity index is 2.86. The third kappa shape index (κ3) is 4.56. The van der Waals surface area contributed by atoms with Gasteiger partial charge in [-0.25, -0.2) is 0 Å². The summed E-state index contributed by atoms with van der Waals surface area (Å²) in [7, 11) is 0. The molecule has 1 aromatic rings. The molecule has 0 amide bonds. The summed E-state index contributed by atoms with van der Waals surface area (Å²) in [6.45, 7) is 7.08. The largest absolute Gasteiger partial charge is 0.379 e. The Hall–Kier alpha value is -1.23. The average molecular weight is 268 g/mol. The highest BCUT2D eigenvalue weighted by Gasteiger charge is 2.13. The molecule has 0 bridgehead atoms. The average Bonchev–Trinajstić information content (AvgIpc) is 2.33. The minimum atomic E-state index is -0.336. The predicted molar refractivity (Wildman–Crippen MR) is 78.3 cm³/mol. The quantitative estimate of drug-likeness (QED) is 0.598. The van der Waals surface area contributed by atoms with E-state index in [1.165, 1.54) is 0 Å². The Kier molecular flexibility index (Phi) is 5.98. The molecule has 0 atom stereocenters. The van der Waals surface area contributed by atoms with E-state index in [1.54, 1.807) is 6.07 Å². The van der Waals surface area contributed by atoms with Gasteiger partial charge in [0.05, 0.1) is 4.92 Å². The highest BCUT2D eigenvalue weighted by Crippen LogP contribution is 2.28. The molecule has 0 aliphatic heterocycles. The minimum Gasteiger partial charge on any atom is -0.379 e. The first kappa shape index (κ1) is 14.8. The topological polar surface area (TPSA) is 55.2 Å². The number of rotatable bonds is 7. The van der Waals surface area contributed by atoms with Crippen LogP contribution in [0.4, 0.5) is 11.4 Å². The highest BCUT2D eigenvalue weighted by atomic mass is 32.2. The first-order chi connectivity index (χ1) is 8.54. The molecule has 0 spiro atoms. The summed E-state index contributed by atoms with van der Waals surface area (Å²) < 4.78 is 0. The molecule has 0 saturated heterocycles. The standard InChI is InChI=1S/C13H20N2O2S/c1-4-7-14-12-8-11(9-18-10(2)3)5-6-13(12)15(16)17/h5-6,8,10,14H,4,7,9H2,1-3H3. The number of nitrogens with zero attached hydrogens (tertiary/aromatic N) is 1. The lowest BCUT2D eigenvalue weighted by atomic mass is 10.2. The van der Waals surface area contributed by atoms with E-state index in [0.29, 0.717) is 10.9 Å². The molecule has 0 aromatic heterocycles. The van der Waals surface area contributed by atoms with Crippen molar-refractivity contribution in [1.82, 2.24) is 0 Å². The summed E-state index contributed by atoms with van der Waals surface area (Å²) >= 11 is 1.83. The van der Waals surface area contributed by atoms with Crippen molar-refractivity contribution >= 4 is 23.1 Å². The summed E-state index contributed by atoms with van der Waals surface area (Å²) in [6.07, 6.45) is 0.947. The maximum atomic E-state index is 10.9. The van der Waals surface area contributed by atoms with Crippen LogP contribution in [0.25, 0.3) is 0 Å². The number of benzene rings is 1. The van der Waals surface area contributed by atoms with Gasteiger partial charge < -0.3 is 5.32 Å². The molecule has 1 aromatic carbocycles. The maximum absolute atomic E-state index is 10.9. The summed E-state index contributed by atoms with van der Waals surface area (Å²) in [6, 6.07) is 5.32. The van der Waals surface area contributed by atoms with Crippen LogP contribution in [0.5, 0.6) is 0 Å². The molecule has 4 nitrogen and oxygen atoms in total. The zero-order chi connectivity index (χ0) is 13.5. The molecule has 0 aliphatic rings. The van der Waals surface area contributed by atoms with Crippen molar-refractivity contribution in [2.45, 2.75) is 38.2 Å². The van der Waals surface area contributed by atoms with Gasteiger partial charge in [-0.3, -0.25) is 10.1 Å². The fourth-order valence-corrected chi connectivity index (χ4v) is 2.20. The van der Waals surface area contributed by atoms with Crippen molar-refractivity contribution in [3.8, 4) is 0 Å². The number of anilines is 1. The van der Waals surface area contributed by atoms with Gasteiger partial charge >= 0.3 is 0 Å². The van der Waals surface area contributed by atoms with Crippen LogP contribution in [0.2, 0.25) is 0 Å². The number of nitrogens with one attached hydrogen (secondary N) is 1. The normalized spacial score (nSPS) is 10.7. The summed E-state index contributed by atoms with van der Waals surface area (Å²) in [5, 5.41) is 14.6. The fourth-order valence-electron chi connectivity index (χ4n) is 1.50. The third-order valence-electron chi connectivity index (χ3n) is 2.41. The number of nitro groups is 1. The number of thioether (sulfide) groups is 1. The lowest BCUT2D eigenvalue weighted by Crippen LogP contribution is -2.04. The highest BCUT2D eigenvalue weighted by molar-refractivity contribution is 7.99. The van der Waals surface area contributed by atoms with Crippen LogP contribution in [0, 0.1) is 10.1 Å². The molecule has 0 fully saturated rings. The lowest BCUT2D eigenvalue weighted by Gasteiger charge is -2.09. The van der Waals surface area contributed by atoms with E-state index < -0.39 is 0 Å². The molecule has 0 radical (unpaired) electrons. The van der Waals surface area contributed by atoms with Crippen LogP contribution in [-0.4, -0.2) is 16.7 Å². The van der Waals surface area contributed by atoms with Crippen LogP contribution >= 0.6 is 11.8 Å². The molecule has 18 heavy (non-hydrogen) atoms. The van der Waals surface area contributed by atoms with E-state index in [-0.39, 0.29) is 10.6 Å². The second-order valence-corrected chi connectivity index (χ2v) is 5.96. The van der Waals surface area contributed by atoms with Gasteiger partial charge in [-0.05, 0) is 23.3 Å². The van der Waals surface area contributed by atoms with Crippen molar-refractivity contribution in [1.29, 1.82) is 0 Å². The molecular formula is C13H20N2O2S. The zero-order valence-electron chi connectivity index (χ0n) is 11.1. The van der Waals surface area contributed by atoms with Crippen LogP contribution < -0.4 is 5.32 Å². The van der Waals surface area contributed by atoms with Gasteiger partial charge in [-0.15, -0.1) is 0 Å². The Morgan fingerprint density at radius 1 is 1.44 bits per heavy atom. The Bertz CT molecular complexity index is 408.